The summed E-state index contributed by atoms with van der Waals surface area (Å²) in [4.78, 5) is 1.40. The Labute approximate surface area is 98.8 Å². The molecule has 0 saturated heterocycles. The number of halogens is 3. The second-order valence-electron chi connectivity index (χ2n) is 4.85. The fourth-order valence-corrected chi connectivity index (χ4v) is 2.29. The smallest absolute Gasteiger partial charge is 0.389 e. The molecule has 0 bridgehead atoms. The SMILES string of the molecule is CN(CC(C#N)C(F)(F)F)CC1(O)CCCC1. The van der Waals surface area contributed by atoms with Gasteiger partial charge in [0, 0.05) is 13.1 Å². The van der Waals surface area contributed by atoms with Crippen molar-refractivity contribution < 1.29 is 18.3 Å². The van der Waals surface area contributed by atoms with Crippen LogP contribution >= 0.6 is 0 Å². The number of hydrogen-bond donors (Lipinski definition) is 1. The predicted molar refractivity (Wildman–Crippen MR) is 56.1 cm³/mol. The molecule has 0 aliphatic heterocycles. The lowest BCUT2D eigenvalue weighted by Crippen LogP contribution is -2.43. The molecular weight excluding hydrogens is 233 g/mol. The van der Waals surface area contributed by atoms with Gasteiger partial charge in [0.2, 0.25) is 0 Å². The molecule has 0 spiro atoms. The van der Waals surface area contributed by atoms with E-state index >= 15 is 0 Å². The zero-order chi connectivity index (χ0) is 13.1. The van der Waals surface area contributed by atoms with Gasteiger partial charge in [0.05, 0.1) is 11.7 Å². The van der Waals surface area contributed by atoms with Gasteiger partial charge in [0.1, 0.15) is 0 Å². The van der Waals surface area contributed by atoms with Crippen molar-refractivity contribution >= 4 is 0 Å². The highest BCUT2D eigenvalue weighted by atomic mass is 19.4. The number of rotatable bonds is 4. The van der Waals surface area contributed by atoms with Crippen LogP contribution in [0.4, 0.5) is 13.2 Å². The van der Waals surface area contributed by atoms with Crippen molar-refractivity contribution in [3.05, 3.63) is 0 Å². The summed E-state index contributed by atoms with van der Waals surface area (Å²) in [5.74, 6) is -1.99. The first-order chi connectivity index (χ1) is 7.77. The minimum atomic E-state index is -4.50. The molecular formula is C11H17F3N2O. The number of nitriles is 1. The van der Waals surface area contributed by atoms with Crippen molar-refractivity contribution in [2.45, 2.75) is 37.5 Å². The fraction of sp³-hybridized carbons (Fsp3) is 0.909. The summed E-state index contributed by atoms with van der Waals surface area (Å²) < 4.78 is 37.1. The van der Waals surface area contributed by atoms with Gasteiger partial charge in [0.15, 0.2) is 5.92 Å². The topological polar surface area (TPSA) is 47.3 Å². The molecule has 0 amide bonds. The molecule has 1 aliphatic carbocycles. The number of likely N-dealkylation sites (N-methyl/N-ethyl adjacent to an activating group) is 1. The zero-order valence-corrected chi connectivity index (χ0v) is 9.80. The molecule has 17 heavy (non-hydrogen) atoms. The average Bonchev–Trinajstić information content (AvgIpc) is 2.59. The van der Waals surface area contributed by atoms with Crippen LogP contribution in [0.5, 0.6) is 0 Å². The third kappa shape index (κ3) is 4.17. The van der Waals surface area contributed by atoms with E-state index in [9.17, 15) is 18.3 Å². The molecule has 1 N–H and O–H groups in total. The first kappa shape index (κ1) is 14.3. The summed E-state index contributed by atoms with van der Waals surface area (Å²) >= 11 is 0. The molecule has 98 valence electrons. The van der Waals surface area contributed by atoms with E-state index in [4.69, 9.17) is 5.26 Å². The van der Waals surface area contributed by atoms with E-state index in [1.54, 1.807) is 0 Å². The Bertz CT molecular complexity index is 292. The van der Waals surface area contributed by atoms with Crippen LogP contribution in [-0.4, -0.2) is 41.9 Å². The van der Waals surface area contributed by atoms with E-state index < -0.39 is 17.7 Å². The highest BCUT2D eigenvalue weighted by Gasteiger charge is 2.41. The van der Waals surface area contributed by atoms with Gasteiger partial charge in [0.25, 0.3) is 0 Å². The molecule has 0 aromatic rings. The highest BCUT2D eigenvalue weighted by Crippen LogP contribution is 2.31. The molecule has 1 atom stereocenters. The van der Waals surface area contributed by atoms with Crippen molar-refractivity contribution in [1.82, 2.24) is 4.90 Å². The Balaban J connectivity index is 2.49. The van der Waals surface area contributed by atoms with Crippen LogP contribution in [-0.2, 0) is 0 Å². The van der Waals surface area contributed by atoms with Crippen molar-refractivity contribution in [1.29, 1.82) is 5.26 Å². The van der Waals surface area contributed by atoms with Gasteiger partial charge in [-0.1, -0.05) is 12.8 Å². The van der Waals surface area contributed by atoms with Gasteiger partial charge in [-0.15, -0.1) is 0 Å². The lowest BCUT2D eigenvalue weighted by Gasteiger charge is -2.30. The van der Waals surface area contributed by atoms with Gasteiger partial charge in [-0.25, -0.2) is 0 Å². The summed E-state index contributed by atoms with van der Waals surface area (Å²) in [7, 11) is 1.51. The minimum absolute atomic E-state index is 0.196. The van der Waals surface area contributed by atoms with Crippen molar-refractivity contribution in [2.24, 2.45) is 5.92 Å². The summed E-state index contributed by atoms with van der Waals surface area (Å²) in [6.45, 7) is -0.191. The molecule has 1 fully saturated rings. The van der Waals surface area contributed by atoms with Crippen LogP contribution in [0.2, 0.25) is 0 Å². The fourth-order valence-electron chi connectivity index (χ4n) is 2.29. The molecule has 0 aromatic carbocycles. The van der Waals surface area contributed by atoms with Gasteiger partial charge in [-0.2, -0.15) is 18.4 Å². The Morgan fingerprint density at radius 2 is 1.94 bits per heavy atom. The quantitative estimate of drug-likeness (QED) is 0.829. The van der Waals surface area contributed by atoms with E-state index in [0.717, 1.165) is 12.8 Å². The van der Waals surface area contributed by atoms with Gasteiger partial charge >= 0.3 is 6.18 Å². The lowest BCUT2D eigenvalue weighted by molar-refractivity contribution is -0.164. The van der Waals surface area contributed by atoms with Crippen molar-refractivity contribution in [2.75, 3.05) is 20.1 Å². The predicted octanol–water partition coefficient (Wildman–Crippen LogP) is 1.93. The van der Waals surface area contributed by atoms with Gasteiger partial charge < -0.3 is 10.0 Å². The summed E-state index contributed by atoms with van der Waals surface area (Å²) in [5.41, 5.74) is -0.875. The first-order valence-electron chi connectivity index (χ1n) is 5.64. The molecule has 0 radical (unpaired) electrons. The van der Waals surface area contributed by atoms with Crippen LogP contribution in [0.15, 0.2) is 0 Å². The molecule has 0 aromatic heterocycles. The van der Waals surface area contributed by atoms with Gasteiger partial charge in [-0.3, -0.25) is 0 Å². The van der Waals surface area contributed by atoms with Crippen molar-refractivity contribution in [3.63, 3.8) is 0 Å². The number of hydrogen-bond acceptors (Lipinski definition) is 3. The van der Waals surface area contributed by atoms with Crippen LogP contribution in [0, 0.1) is 17.2 Å². The van der Waals surface area contributed by atoms with Crippen LogP contribution < -0.4 is 0 Å². The summed E-state index contributed by atoms with van der Waals surface area (Å²) in [6.07, 6.45) is -1.43. The maximum absolute atomic E-state index is 12.4. The number of nitrogens with zero attached hydrogens (tertiary/aromatic N) is 2. The molecule has 1 aliphatic rings. The largest absolute Gasteiger partial charge is 0.405 e. The summed E-state index contributed by atoms with van der Waals surface area (Å²) in [6, 6.07) is 1.26. The lowest BCUT2D eigenvalue weighted by atomic mass is 10.0. The van der Waals surface area contributed by atoms with E-state index in [1.165, 1.54) is 18.0 Å². The first-order valence-corrected chi connectivity index (χ1v) is 5.64. The molecule has 1 saturated carbocycles. The minimum Gasteiger partial charge on any atom is -0.389 e. The molecule has 0 heterocycles. The number of alkyl halides is 3. The second-order valence-corrected chi connectivity index (χ2v) is 4.85. The Morgan fingerprint density at radius 1 is 1.41 bits per heavy atom. The highest BCUT2D eigenvalue weighted by molar-refractivity contribution is 4.92. The standard InChI is InChI=1S/C11H17F3N2O/c1-16(7-9(6-15)11(12,13)14)8-10(17)4-2-3-5-10/h9,17H,2-5,7-8H2,1H3. The maximum Gasteiger partial charge on any atom is 0.405 e. The van der Waals surface area contributed by atoms with E-state index in [2.05, 4.69) is 0 Å². The second kappa shape index (κ2) is 5.23. The van der Waals surface area contributed by atoms with E-state index in [-0.39, 0.29) is 13.1 Å². The number of aliphatic hydroxyl groups is 1. The molecule has 1 unspecified atom stereocenters. The van der Waals surface area contributed by atoms with Crippen LogP contribution in [0.25, 0.3) is 0 Å². The Morgan fingerprint density at radius 3 is 2.35 bits per heavy atom. The third-order valence-corrected chi connectivity index (χ3v) is 3.14. The van der Waals surface area contributed by atoms with Gasteiger partial charge in [-0.05, 0) is 19.9 Å². The zero-order valence-electron chi connectivity index (χ0n) is 9.80. The van der Waals surface area contributed by atoms with E-state index in [1.807, 2.05) is 0 Å². The molecule has 3 nitrogen and oxygen atoms in total. The third-order valence-electron chi connectivity index (χ3n) is 3.14. The normalized spacial score (nSPS) is 21.5. The van der Waals surface area contributed by atoms with E-state index in [0.29, 0.717) is 12.8 Å². The van der Waals surface area contributed by atoms with Crippen LogP contribution in [0.3, 0.4) is 0 Å². The summed E-state index contributed by atoms with van der Waals surface area (Å²) in [5, 5.41) is 18.5. The average molecular weight is 250 g/mol. The van der Waals surface area contributed by atoms with Crippen molar-refractivity contribution in [3.8, 4) is 6.07 Å². The maximum atomic E-state index is 12.4. The molecule has 1 rings (SSSR count). The Kier molecular flexibility index (Phi) is 4.39. The monoisotopic (exact) mass is 250 g/mol. The van der Waals surface area contributed by atoms with Crippen LogP contribution in [0.1, 0.15) is 25.7 Å². The molecule has 6 heteroatoms. The Hall–Kier alpha value is -0.800.